The Morgan fingerprint density at radius 2 is 2.45 bits per heavy atom. The summed E-state index contributed by atoms with van der Waals surface area (Å²) in [7, 11) is -1.84. The maximum Gasteiger partial charge on any atom is 0.244 e. The van der Waals surface area contributed by atoms with Crippen molar-refractivity contribution in [3.63, 3.8) is 0 Å². The van der Waals surface area contributed by atoms with Gasteiger partial charge in [0.2, 0.25) is 10.0 Å². The lowest BCUT2D eigenvalue weighted by molar-refractivity contribution is 0.0601. The topological polar surface area (TPSA) is 68.7 Å². The zero-order valence-corrected chi connectivity index (χ0v) is 12.2. The van der Waals surface area contributed by atoms with Crippen molar-refractivity contribution in [3.05, 3.63) is 24.5 Å². The second-order valence-electron chi connectivity index (χ2n) is 5.49. The molecular formula is C13H18N2O4S. The molecule has 2 saturated heterocycles. The van der Waals surface area contributed by atoms with Gasteiger partial charge in [0.05, 0.1) is 19.8 Å². The van der Waals surface area contributed by atoms with Crippen LogP contribution in [-0.4, -0.2) is 57.7 Å². The molecule has 0 radical (unpaired) electrons. The van der Waals surface area contributed by atoms with Crippen molar-refractivity contribution in [1.82, 2.24) is 9.29 Å². The van der Waals surface area contributed by atoms with Gasteiger partial charge in [-0.3, -0.25) is 4.98 Å². The maximum absolute atomic E-state index is 12.6. The molecule has 0 aliphatic carbocycles. The minimum atomic E-state index is -3.48. The van der Waals surface area contributed by atoms with Crippen molar-refractivity contribution in [3.8, 4) is 0 Å². The van der Waals surface area contributed by atoms with E-state index in [1.165, 1.54) is 10.5 Å². The van der Waals surface area contributed by atoms with Gasteiger partial charge >= 0.3 is 0 Å². The fraction of sp³-hybridized carbons (Fsp3) is 0.615. The Balaban J connectivity index is 1.87. The molecule has 2 aliphatic heterocycles. The van der Waals surface area contributed by atoms with Crippen molar-refractivity contribution >= 4 is 10.0 Å². The van der Waals surface area contributed by atoms with E-state index in [9.17, 15) is 8.42 Å². The van der Waals surface area contributed by atoms with Gasteiger partial charge in [0, 0.05) is 43.9 Å². The SMILES string of the molecule is COC[C@@]12COC[C@@H]1CN(S(=O)(=O)c1cccnc1)C2. The number of fused-ring (bicyclic) bond motifs is 1. The molecule has 2 atom stereocenters. The first kappa shape index (κ1) is 13.9. The molecule has 0 saturated carbocycles. The molecule has 3 rings (SSSR count). The van der Waals surface area contributed by atoms with Crippen LogP contribution in [0.1, 0.15) is 0 Å². The van der Waals surface area contributed by atoms with Crippen LogP contribution in [0.3, 0.4) is 0 Å². The molecular weight excluding hydrogens is 280 g/mol. The molecule has 20 heavy (non-hydrogen) atoms. The molecule has 1 aromatic rings. The average Bonchev–Trinajstić information content (AvgIpc) is 2.97. The molecule has 0 aromatic carbocycles. The Kier molecular flexibility index (Phi) is 3.53. The molecule has 0 spiro atoms. The van der Waals surface area contributed by atoms with E-state index in [4.69, 9.17) is 9.47 Å². The van der Waals surface area contributed by atoms with E-state index < -0.39 is 10.0 Å². The first-order chi connectivity index (χ1) is 9.58. The summed E-state index contributed by atoms with van der Waals surface area (Å²) in [6, 6.07) is 3.22. The van der Waals surface area contributed by atoms with Crippen molar-refractivity contribution in [2.75, 3.05) is 40.0 Å². The fourth-order valence-electron chi connectivity index (χ4n) is 3.11. The number of sulfonamides is 1. The van der Waals surface area contributed by atoms with Crippen molar-refractivity contribution < 1.29 is 17.9 Å². The lowest BCUT2D eigenvalue weighted by Gasteiger charge is -2.25. The third-order valence-corrected chi connectivity index (χ3v) is 5.99. The van der Waals surface area contributed by atoms with Crippen LogP contribution in [0.4, 0.5) is 0 Å². The van der Waals surface area contributed by atoms with E-state index in [2.05, 4.69) is 4.98 Å². The lowest BCUT2D eigenvalue weighted by atomic mass is 9.82. The van der Waals surface area contributed by atoms with Crippen LogP contribution in [0.15, 0.2) is 29.4 Å². The summed E-state index contributed by atoms with van der Waals surface area (Å²) in [5, 5.41) is 0. The number of pyridine rings is 1. The van der Waals surface area contributed by atoms with Gasteiger partial charge in [-0.25, -0.2) is 8.42 Å². The molecule has 2 fully saturated rings. The monoisotopic (exact) mass is 298 g/mol. The van der Waals surface area contributed by atoms with E-state index in [0.29, 0.717) is 32.9 Å². The van der Waals surface area contributed by atoms with Gasteiger partial charge in [-0.1, -0.05) is 0 Å². The van der Waals surface area contributed by atoms with E-state index in [1.54, 1.807) is 25.4 Å². The Labute approximate surface area is 118 Å². The highest BCUT2D eigenvalue weighted by Gasteiger charge is 2.53. The summed E-state index contributed by atoms with van der Waals surface area (Å²) in [6.07, 6.45) is 2.96. The van der Waals surface area contributed by atoms with Crippen LogP contribution in [0.2, 0.25) is 0 Å². The van der Waals surface area contributed by atoms with Gasteiger partial charge in [0.1, 0.15) is 4.90 Å². The summed E-state index contributed by atoms with van der Waals surface area (Å²) < 4.78 is 37.6. The number of methoxy groups -OCH3 is 1. The summed E-state index contributed by atoms with van der Waals surface area (Å²) >= 11 is 0. The molecule has 7 heteroatoms. The van der Waals surface area contributed by atoms with Gasteiger partial charge in [0.15, 0.2) is 0 Å². The molecule has 1 aromatic heterocycles. The Morgan fingerprint density at radius 1 is 1.60 bits per heavy atom. The first-order valence-electron chi connectivity index (χ1n) is 6.55. The van der Waals surface area contributed by atoms with Crippen molar-refractivity contribution in [2.24, 2.45) is 11.3 Å². The van der Waals surface area contributed by atoms with E-state index >= 15 is 0 Å². The van der Waals surface area contributed by atoms with Gasteiger partial charge in [-0.05, 0) is 12.1 Å². The van der Waals surface area contributed by atoms with Crippen LogP contribution < -0.4 is 0 Å². The number of hydrogen-bond acceptors (Lipinski definition) is 5. The lowest BCUT2D eigenvalue weighted by Crippen LogP contribution is -2.37. The Hall–Kier alpha value is -1.02. The predicted octanol–water partition coefficient (Wildman–Crippen LogP) is 0.365. The summed E-state index contributed by atoms with van der Waals surface area (Å²) in [4.78, 5) is 4.14. The highest BCUT2D eigenvalue weighted by Crippen LogP contribution is 2.43. The zero-order valence-electron chi connectivity index (χ0n) is 11.4. The molecule has 0 unspecified atom stereocenters. The van der Waals surface area contributed by atoms with Gasteiger partial charge in [0.25, 0.3) is 0 Å². The molecule has 3 heterocycles. The van der Waals surface area contributed by atoms with Crippen LogP contribution in [0.25, 0.3) is 0 Å². The number of aromatic nitrogens is 1. The normalized spacial score (nSPS) is 30.6. The highest BCUT2D eigenvalue weighted by atomic mass is 32.2. The largest absolute Gasteiger partial charge is 0.384 e. The predicted molar refractivity (Wildman–Crippen MR) is 71.6 cm³/mol. The zero-order chi connectivity index (χ0) is 14.2. The molecule has 0 bridgehead atoms. The minimum Gasteiger partial charge on any atom is -0.384 e. The van der Waals surface area contributed by atoms with E-state index in [0.717, 1.165) is 0 Å². The molecule has 2 aliphatic rings. The Morgan fingerprint density at radius 3 is 3.15 bits per heavy atom. The third-order valence-electron chi connectivity index (χ3n) is 4.19. The Bertz CT molecular complexity index is 577. The quantitative estimate of drug-likeness (QED) is 0.803. The van der Waals surface area contributed by atoms with Crippen LogP contribution >= 0.6 is 0 Å². The van der Waals surface area contributed by atoms with Crippen LogP contribution in [0, 0.1) is 11.3 Å². The first-order valence-corrected chi connectivity index (χ1v) is 7.99. The van der Waals surface area contributed by atoms with Crippen molar-refractivity contribution in [1.29, 1.82) is 0 Å². The highest BCUT2D eigenvalue weighted by molar-refractivity contribution is 7.89. The number of rotatable bonds is 4. The average molecular weight is 298 g/mol. The van der Waals surface area contributed by atoms with Gasteiger partial charge < -0.3 is 9.47 Å². The number of ether oxygens (including phenoxy) is 2. The molecule has 110 valence electrons. The molecule has 6 nitrogen and oxygen atoms in total. The number of nitrogens with zero attached hydrogens (tertiary/aromatic N) is 2. The standard InChI is InChI=1S/C13H18N2O4S/c1-18-9-13-8-15(6-11(13)7-19-10-13)20(16,17)12-3-2-4-14-5-12/h2-5,11H,6-10H2,1H3/t11-,13-/m0/s1. The van der Waals surface area contributed by atoms with Crippen molar-refractivity contribution in [2.45, 2.75) is 4.90 Å². The van der Waals surface area contributed by atoms with Gasteiger partial charge in [-0.2, -0.15) is 4.31 Å². The third kappa shape index (κ3) is 2.14. The van der Waals surface area contributed by atoms with Crippen LogP contribution in [0.5, 0.6) is 0 Å². The fourth-order valence-corrected chi connectivity index (χ4v) is 4.65. The summed E-state index contributed by atoms with van der Waals surface area (Å²) in [5.41, 5.74) is -0.204. The maximum atomic E-state index is 12.6. The van der Waals surface area contributed by atoms with E-state index in [1.807, 2.05) is 0 Å². The molecule has 0 N–H and O–H groups in total. The second kappa shape index (κ2) is 5.07. The number of hydrogen-bond donors (Lipinski definition) is 0. The second-order valence-corrected chi connectivity index (χ2v) is 7.43. The van der Waals surface area contributed by atoms with Crippen LogP contribution in [-0.2, 0) is 19.5 Å². The minimum absolute atomic E-state index is 0.203. The smallest absolute Gasteiger partial charge is 0.244 e. The molecule has 0 amide bonds. The summed E-state index contributed by atoms with van der Waals surface area (Å²) in [6.45, 7) is 2.62. The summed E-state index contributed by atoms with van der Waals surface area (Å²) in [5.74, 6) is 0.203. The van der Waals surface area contributed by atoms with E-state index in [-0.39, 0.29) is 16.2 Å². The van der Waals surface area contributed by atoms with Gasteiger partial charge in [-0.15, -0.1) is 0 Å².